The Balaban J connectivity index is 2.00. The van der Waals surface area contributed by atoms with Crippen molar-refractivity contribution in [2.75, 3.05) is 13.6 Å². The molecule has 0 aliphatic heterocycles. The van der Waals surface area contributed by atoms with Crippen LogP contribution in [0, 0.1) is 13.8 Å². The van der Waals surface area contributed by atoms with Gasteiger partial charge in [-0.25, -0.2) is 0 Å². The number of Topliss-reactive ketones (excluding diaryl/α,β-unsaturated/α-hetero) is 1. The summed E-state index contributed by atoms with van der Waals surface area (Å²) in [5.74, 6) is 0.127. The van der Waals surface area contributed by atoms with E-state index in [0.29, 0.717) is 6.54 Å². The Labute approximate surface area is 114 Å². The minimum Gasteiger partial charge on any atom is -0.391 e. The van der Waals surface area contributed by atoms with Crippen molar-refractivity contribution < 1.29 is 9.90 Å². The number of hydrogen-bond donors (Lipinski definition) is 2. The first kappa shape index (κ1) is 14.3. The molecule has 1 fully saturated rings. The van der Waals surface area contributed by atoms with Gasteiger partial charge < -0.3 is 10.1 Å². The molecule has 4 heteroatoms. The van der Waals surface area contributed by atoms with E-state index in [-0.39, 0.29) is 17.9 Å². The minimum absolute atomic E-state index is 0.123. The number of ketones is 1. The van der Waals surface area contributed by atoms with Crippen LogP contribution in [0.4, 0.5) is 0 Å². The monoisotopic (exact) mass is 264 g/mol. The molecule has 0 amide bonds. The van der Waals surface area contributed by atoms with E-state index in [1.165, 1.54) is 0 Å². The van der Waals surface area contributed by atoms with E-state index in [1.807, 2.05) is 31.9 Å². The Morgan fingerprint density at radius 2 is 2.11 bits per heavy atom. The van der Waals surface area contributed by atoms with Crippen LogP contribution >= 0.6 is 0 Å². The summed E-state index contributed by atoms with van der Waals surface area (Å²) in [6.07, 6.45) is 3.78. The first-order chi connectivity index (χ1) is 8.99. The summed E-state index contributed by atoms with van der Waals surface area (Å²) in [5.41, 5.74) is 2.72. The molecule has 0 saturated heterocycles. The summed E-state index contributed by atoms with van der Waals surface area (Å²) in [6, 6.07) is 2.03. The van der Waals surface area contributed by atoms with Crippen molar-refractivity contribution in [3.05, 3.63) is 23.0 Å². The standard InChI is InChI=1S/C15H24N2O2/c1-10-8-12(11(2)16-10)15(19)9-17(3)13-6-4-5-7-14(13)18/h8,13-14,16,18H,4-7,9H2,1-3H3. The molecule has 106 valence electrons. The van der Waals surface area contributed by atoms with Gasteiger partial charge in [-0.05, 0) is 39.8 Å². The zero-order chi connectivity index (χ0) is 14.0. The van der Waals surface area contributed by atoms with E-state index >= 15 is 0 Å². The van der Waals surface area contributed by atoms with Crippen molar-refractivity contribution in [3.63, 3.8) is 0 Å². The predicted octanol–water partition coefficient (Wildman–Crippen LogP) is 2.05. The van der Waals surface area contributed by atoms with Gasteiger partial charge in [-0.15, -0.1) is 0 Å². The third-order valence-corrected chi connectivity index (χ3v) is 4.10. The summed E-state index contributed by atoms with van der Waals surface area (Å²) in [7, 11) is 1.94. The van der Waals surface area contributed by atoms with Crippen molar-refractivity contribution in [1.82, 2.24) is 9.88 Å². The fourth-order valence-electron chi connectivity index (χ4n) is 3.05. The number of aliphatic hydroxyl groups is 1. The van der Waals surface area contributed by atoms with Crippen LogP contribution in [0.3, 0.4) is 0 Å². The summed E-state index contributed by atoms with van der Waals surface area (Å²) in [6.45, 7) is 4.26. The van der Waals surface area contributed by atoms with Gasteiger partial charge in [0.05, 0.1) is 12.6 Å². The van der Waals surface area contributed by atoms with E-state index < -0.39 is 0 Å². The van der Waals surface area contributed by atoms with Crippen molar-refractivity contribution in [1.29, 1.82) is 0 Å². The van der Waals surface area contributed by atoms with Gasteiger partial charge in [0.15, 0.2) is 5.78 Å². The highest BCUT2D eigenvalue weighted by Gasteiger charge is 2.28. The molecule has 1 aliphatic rings. The number of H-pyrrole nitrogens is 1. The SMILES string of the molecule is Cc1cc(C(=O)CN(C)C2CCCCC2O)c(C)[nH]1. The second-order valence-corrected chi connectivity index (χ2v) is 5.75. The number of aliphatic hydroxyl groups excluding tert-OH is 1. The first-order valence-corrected chi connectivity index (χ1v) is 7.06. The zero-order valence-corrected chi connectivity index (χ0v) is 12.1. The molecule has 1 aromatic rings. The molecule has 0 radical (unpaired) electrons. The van der Waals surface area contributed by atoms with E-state index in [1.54, 1.807) is 0 Å². The fraction of sp³-hybridized carbons (Fsp3) is 0.667. The van der Waals surface area contributed by atoms with Crippen LogP contribution in [0.15, 0.2) is 6.07 Å². The molecule has 2 atom stereocenters. The maximum absolute atomic E-state index is 12.3. The summed E-state index contributed by atoms with van der Waals surface area (Å²) < 4.78 is 0. The number of aromatic amines is 1. The van der Waals surface area contributed by atoms with E-state index in [4.69, 9.17) is 0 Å². The van der Waals surface area contributed by atoms with Crippen LogP contribution in [-0.4, -0.2) is 46.5 Å². The molecular weight excluding hydrogens is 240 g/mol. The van der Waals surface area contributed by atoms with Gasteiger partial charge in [-0.2, -0.15) is 0 Å². The Hall–Kier alpha value is -1.13. The van der Waals surface area contributed by atoms with E-state index in [0.717, 1.165) is 42.6 Å². The largest absolute Gasteiger partial charge is 0.391 e. The number of nitrogens with zero attached hydrogens (tertiary/aromatic N) is 1. The van der Waals surface area contributed by atoms with Crippen LogP contribution < -0.4 is 0 Å². The number of carbonyl (C=O) groups is 1. The molecule has 4 nitrogen and oxygen atoms in total. The lowest BCUT2D eigenvalue weighted by molar-refractivity contribution is 0.0322. The third kappa shape index (κ3) is 3.25. The highest BCUT2D eigenvalue weighted by atomic mass is 16.3. The van der Waals surface area contributed by atoms with E-state index in [9.17, 15) is 9.90 Å². The highest BCUT2D eigenvalue weighted by molar-refractivity contribution is 5.98. The number of likely N-dealkylation sites (N-methyl/N-ethyl adjacent to an activating group) is 1. The third-order valence-electron chi connectivity index (χ3n) is 4.10. The fourth-order valence-corrected chi connectivity index (χ4v) is 3.05. The second-order valence-electron chi connectivity index (χ2n) is 5.75. The average molecular weight is 264 g/mol. The lowest BCUT2D eigenvalue weighted by Crippen LogP contribution is -2.45. The number of aryl methyl sites for hydroxylation is 2. The quantitative estimate of drug-likeness (QED) is 0.818. The van der Waals surface area contributed by atoms with Gasteiger partial charge in [0.2, 0.25) is 0 Å². The normalized spacial score (nSPS) is 23.8. The minimum atomic E-state index is -0.291. The Morgan fingerprint density at radius 1 is 1.42 bits per heavy atom. The zero-order valence-electron chi connectivity index (χ0n) is 12.1. The lowest BCUT2D eigenvalue weighted by Gasteiger charge is -2.34. The maximum atomic E-state index is 12.3. The first-order valence-electron chi connectivity index (χ1n) is 7.06. The molecule has 2 unspecified atom stereocenters. The number of aromatic nitrogens is 1. The van der Waals surface area contributed by atoms with Crippen molar-refractivity contribution in [2.24, 2.45) is 0 Å². The van der Waals surface area contributed by atoms with Crippen LogP contribution in [0.25, 0.3) is 0 Å². The Morgan fingerprint density at radius 3 is 2.68 bits per heavy atom. The molecule has 0 bridgehead atoms. The van der Waals surface area contributed by atoms with Crippen LogP contribution in [0.5, 0.6) is 0 Å². The molecule has 1 heterocycles. The molecule has 0 spiro atoms. The van der Waals surface area contributed by atoms with E-state index in [2.05, 4.69) is 4.98 Å². The smallest absolute Gasteiger partial charge is 0.178 e. The summed E-state index contributed by atoms with van der Waals surface area (Å²) in [4.78, 5) is 17.5. The molecule has 0 aromatic carbocycles. The van der Waals surface area contributed by atoms with Gasteiger partial charge in [0.1, 0.15) is 0 Å². The van der Waals surface area contributed by atoms with Gasteiger partial charge in [0, 0.05) is 23.0 Å². The van der Waals surface area contributed by atoms with Gasteiger partial charge in [0.25, 0.3) is 0 Å². The van der Waals surface area contributed by atoms with Crippen molar-refractivity contribution in [2.45, 2.75) is 51.7 Å². The number of nitrogens with one attached hydrogen (secondary N) is 1. The lowest BCUT2D eigenvalue weighted by atomic mass is 9.91. The van der Waals surface area contributed by atoms with Crippen LogP contribution in [0.2, 0.25) is 0 Å². The van der Waals surface area contributed by atoms with Crippen molar-refractivity contribution in [3.8, 4) is 0 Å². The Bertz CT molecular complexity index is 453. The van der Waals surface area contributed by atoms with Gasteiger partial charge >= 0.3 is 0 Å². The maximum Gasteiger partial charge on any atom is 0.178 e. The van der Waals surface area contributed by atoms with Gasteiger partial charge in [-0.3, -0.25) is 9.69 Å². The van der Waals surface area contributed by atoms with Crippen molar-refractivity contribution >= 4 is 5.78 Å². The average Bonchev–Trinajstić information content (AvgIpc) is 2.69. The summed E-state index contributed by atoms with van der Waals surface area (Å²) in [5, 5.41) is 10.0. The molecule has 19 heavy (non-hydrogen) atoms. The number of rotatable bonds is 4. The second kappa shape index (κ2) is 5.88. The molecular formula is C15H24N2O2. The topological polar surface area (TPSA) is 56.3 Å². The molecule has 1 saturated carbocycles. The molecule has 2 N–H and O–H groups in total. The van der Waals surface area contributed by atoms with Gasteiger partial charge in [-0.1, -0.05) is 12.8 Å². The number of hydrogen-bond acceptors (Lipinski definition) is 3. The summed E-state index contributed by atoms with van der Waals surface area (Å²) >= 11 is 0. The Kier molecular flexibility index (Phi) is 4.42. The molecule has 1 aromatic heterocycles. The van der Waals surface area contributed by atoms with Crippen LogP contribution in [0.1, 0.15) is 47.4 Å². The van der Waals surface area contributed by atoms with Crippen LogP contribution in [-0.2, 0) is 0 Å². The molecule has 1 aliphatic carbocycles. The predicted molar refractivity (Wildman–Crippen MR) is 75.5 cm³/mol. The number of carbonyl (C=O) groups excluding carboxylic acids is 1. The highest BCUT2D eigenvalue weighted by Crippen LogP contribution is 2.22. The molecule has 2 rings (SSSR count).